The fraction of sp³-hybridized carbons (Fsp3) is 0.364. The van der Waals surface area contributed by atoms with Crippen molar-refractivity contribution in [2.75, 3.05) is 34.8 Å². The Bertz CT molecular complexity index is 750. The molecule has 0 atom stereocenters. The predicted octanol–water partition coefficient (Wildman–Crippen LogP) is 4.22. The summed E-state index contributed by atoms with van der Waals surface area (Å²) in [5.41, 5.74) is 3.85. The molecule has 1 N–H and O–H groups in total. The molecule has 0 aliphatic heterocycles. The minimum Gasteiger partial charge on any atom is -0.372 e. The first-order valence-electron chi connectivity index (χ1n) is 9.44. The molecule has 0 aliphatic rings. The molecule has 0 aromatic heterocycles. The second-order valence-corrected chi connectivity index (χ2v) is 6.52. The van der Waals surface area contributed by atoms with Gasteiger partial charge in [-0.1, -0.05) is 17.7 Å². The molecule has 2 aromatic rings. The Labute approximate surface area is 162 Å². The maximum atomic E-state index is 12.3. The largest absolute Gasteiger partial charge is 0.372 e. The van der Waals surface area contributed by atoms with Crippen molar-refractivity contribution in [2.45, 2.75) is 34.1 Å². The fourth-order valence-corrected chi connectivity index (χ4v) is 2.97. The van der Waals surface area contributed by atoms with Gasteiger partial charge in [0.2, 0.25) is 11.8 Å². The van der Waals surface area contributed by atoms with E-state index in [1.54, 1.807) is 4.90 Å². The van der Waals surface area contributed by atoms with Crippen molar-refractivity contribution in [2.24, 2.45) is 0 Å². The van der Waals surface area contributed by atoms with Crippen LogP contribution in [0, 0.1) is 6.92 Å². The molecule has 27 heavy (non-hydrogen) atoms. The normalized spacial score (nSPS) is 10.4. The zero-order chi connectivity index (χ0) is 19.8. The summed E-state index contributed by atoms with van der Waals surface area (Å²) in [6.07, 6.45) is 0.241. The average Bonchev–Trinajstić information content (AvgIpc) is 2.65. The molecule has 2 rings (SSSR count). The highest BCUT2D eigenvalue weighted by molar-refractivity contribution is 5.94. The summed E-state index contributed by atoms with van der Waals surface area (Å²) in [5.74, 6) is -0.181. The first-order valence-corrected chi connectivity index (χ1v) is 9.44. The second-order valence-electron chi connectivity index (χ2n) is 6.52. The number of hydrogen-bond donors (Lipinski definition) is 1. The van der Waals surface area contributed by atoms with E-state index in [4.69, 9.17) is 0 Å². The van der Waals surface area contributed by atoms with Crippen molar-refractivity contribution >= 4 is 28.9 Å². The van der Waals surface area contributed by atoms with Gasteiger partial charge in [0, 0.05) is 50.0 Å². The molecular formula is C22H29N3O2. The van der Waals surface area contributed by atoms with Crippen LogP contribution >= 0.6 is 0 Å². The third-order valence-electron chi connectivity index (χ3n) is 4.57. The molecule has 0 saturated carbocycles. The number of benzene rings is 2. The number of nitrogens with zero attached hydrogens (tertiary/aromatic N) is 2. The molecular weight excluding hydrogens is 338 g/mol. The second kappa shape index (κ2) is 9.76. The number of hydrogen-bond acceptors (Lipinski definition) is 3. The van der Waals surface area contributed by atoms with E-state index in [0.717, 1.165) is 35.7 Å². The summed E-state index contributed by atoms with van der Waals surface area (Å²) in [4.78, 5) is 28.1. The van der Waals surface area contributed by atoms with Gasteiger partial charge in [0.1, 0.15) is 0 Å². The Morgan fingerprint density at radius 1 is 0.889 bits per heavy atom. The summed E-state index contributed by atoms with van der Waals surface area (Å²) in [7, 11) is 0. The Balaban J connectivity index is 1.94. The molecule has 0 fully saturated rings. The molecule has 0 spiro atoms. The smallest absolute Gasteiger partial charge is 0.226 e. The Kier molecular flexibility index (Phi) is 7.41. The van der Waals surface area contributed by atoms with E-state index >= 15 is 0 Å². The first kappa shape index (κ1) is 20.5. The summed E-state index contributed by atoms with van der Waals surface area (Å²) >= 11 is 0. The maximum absolute atomic E-state index is 12.3. The van der Waals surface area contributed by atoms with Crippen LogP contribution in [0.3, 0.4) is 0 Å². The van der Waals surface area contributed by atoms with Crippen LogP contribution < -0.4 is 15.1 Å². The lowest BCUT2D eigenvalue weighted by Crippen LogP contribution is -2.31. The molecule has 2 amide bonds. The highest BCUT2D eigenvalue weighted by Gasteiger charge is 2.13. The van der Waals surface area contributed by atoms with E-state index in [1.807, 2.05) is 55.5 Å². The van der Waals surface area contributed by atoms with Crippen LogP contribution in [0.15, 0.2) is 48.5 Å². The topological polar surface area (TPSA) is 52.7 Å². The number of rotatable bonds is 8. The third-order valence-corrected chi connectivity index (χ3v) is 4.57. The zero-order valence-corrected chi connectivity index (χ0v) is 16.7. The monoisotopic (exact) mass is 367 g/mol. The van der Waals surface area contributed by atoms with Gasteiger partial charge in [0.25, 0.3) is 0 Å². The van der Waals surface area contributed by atoms with Crippen LogP contribution in [0.2, 0.25) is 0 Å². The van der Waals surface area contributed by atoms with E-state index < -0.39 is 0 Å². The maximum Gasteiger partial charge on any atom is 0.226 e. The number of nitrogens with one attached hydrogen (secondary N) is 1. The van der Waals surface area contributed by atoms with Gasteiger partial charge in [0.05, 0.1) is 0 Å². The summed E-state index contributed by atoms with van der Waals surface area (Å²) in [6.45, 7) is 10.00. The highest BCUT2D eigenvalue weighted by Crippen LogP contribution is 2.19. The van der Waals surface area contributed by atoms with Crippen molar-refractivity contribution in [3.05, 3.63) is 54.1 Å². The van der Waals surface area contributed by atoms with E-state index in [9.17, 15) is 9.59 Å². The molecule has 0 saturated heterocycles. The van der Waals surface area contributed by atoms with Gasteiger partial charge in [-0.2, -0.15) is 0 Å². The quantitative estimate of drug-likeness (QED) is 0.760. The number of carbonyl (C=O) groups is 2. The van der Waals surface area contributed by atoms with Crippen LogP contribution in [-0.2, 0) is 9.59 Å². The summed E-state index contributed by atoms with van der Waals surface area (Å²) < 4.78 is 0. The van der Waals surface area contributed by atoms with Crippen LogP contribution in [0.25, 0.3) is 0 Å². The summed E-state index contributed by atoms with van der Waals surface area (Å²) in [6, 6.07) is 15.6. The Morgan fingerprint density at radius 3 is 1.96 bits per heavy atom. The number of aryl methyl sites for hydroxylation is 1. The standard InChI is InChI=1S/C22H29N3O2/c1-5-24(6-2)20-13-9-19(10-14-20)23-22(27)15-16-25(18(4)26)21-11-7-17(3)8-12-21/h7-14H,5-6,15-16H2,1-4H3,(H,23,27). The van der Waals surface area contributed by atoms with Gasteiger partial charge in [-0.05, 0) is 57.2 Å². The molecule has 0 unspecified atom stereocenters. The van der Waals surface area contributed by atoms with Crippen LogP contribution in [-0.4, -0.2) is 31.4 Å². The molecule has 0 aliphatic carbocycles. The highest BCUT2D eigenvalue weighted by atomic mass is 16.2. The first-order chi connectivity index (χ1) is 12.9. The number of carbonyl (C=O) groups excluding carboxylic acids is 2. The SMILES string of the molecule is CCN(CC)c1ccc(NC(=O)CCN(C(C)=O)c2ccc(C)cc2)cc1. The average molecular weight is 367 g/mol. The van der Waals surface area contributed by atoms with Gasteiger partial charge in [-0.25, -0.2) is 0 Å². The number of amides is 2. The Hall–Kier alpha value is -2.82. The Morgan fingerprint density at radius 2 is 1.44 bits per heavy atom. The lowest BCUT2D eigenvalue weighted by molar-refractivity contribution is -0.117. The summed E-state index contributed by atoms with van der Waals surface area (Å²) in [5, 5.41) is 2.90. The third kappa shape index (κ3) is 5.84. The molecule has 5 heteroatoms. The molecule has 0 radical (unpaired) electrons. The van der Waals surface area contributed by atoms with Gasteiger partial charge < -0.3 is 15.1 Å². The minimum atomic E-state index is -0.107. The molecule has 5 nitrogen and oxygen atoms in total. The molecule has 2 aromatic carbocycles. The number of anilines is 3. The van der Waals surface area contributed by atoms with E-state index in [-0.39, 0.29) is 18.2 Å². The van der Waals surface area contributed by atoms with Crippen LogP contribution in [0.1, 0.15) is 32.8 Å². The van der Waals surface area contributed by atoms with Crippen LogP contribution in [0.4, 0.5) is 17.1 Å². The van der Waals surface area contributed by atoms with E-state index in [0.29, 0.717) is 6.54 Å². The molecule has 0 bridgehead atoms. The fourth-order valence-electron chi connectivity index (χ4n) is 2.97. The van der Waals surface area contributed by atoms with Crippen molar-refractivity contribution in [1.29, 1.82) is 0 Å². The van der Waals surface area contributed by atoms with Crippen molar-refractivity contribution < 1.29 is 9.59 Å². The van der Waals surface area contributed by atoms with Crippen LogP contribution in [0.5, 0.6) is 0 Å². The van der Waals surface area contributed by atoms with Crippen molar-refractivity contribution in [3.63, 3.8) is 0 Å². The van der Waals surface area contributed by atoms with Gasteiger partial charge >= 0.3 is 0 Å². The molecule has 0 heterocycles. The predicted molar refractivity (Wildman–Crippen MR) is 112 cm³/mol. The lowest BCUT2D eigenvalue weighted by atomic mass is 10.2. The van der Waals surface area contributed by atoms with Crippen molar-refractivity contribution in [3.8, 4) is 0 Å². The van der Waals surface area contributed by atoms with E-state index in [1.165, 1.54) is 6.92 Å². The van der Waals surface area contributed by atoms with Crippen molar-refractivity contribution in [1.82, 2.24) is 0 Å². The minimum absolute atomic E-state index is 0.0739. The lowest BCUT2D eigenvalue weighted by Gasteiger charge is -2.22. The van der Waals surface area contributed by atoms with Gasteiger partial charge in [0.15, 0.2) is 0 Å². The molecule has 144 valence electrons. The zero-order valence-electron chi connectivity index (χ0n) is 16.7. The van der Waals surface area contributed by atoms with E-state index in [2.05, 4.69) is 24.1 Å². The van der Waals surface area contributed by atoms with Gasteiger partial charge in [-0.3, -0.25) is 9.59 Å². The van der Waals surface area contributed by atoms with Gasteiger partial charge in [-0.15, -0.1) is 0 Å².